The van der Waals surface area contributed by atoms with E-state index in [2.05, 4.69) is 4.99 Å². The number of carbonyl (C=O) groups is 2. The van der Waals surface area contributed by atoms with E-state index >= 15 is 0 Å². The van der Waals surface area contributed by atoms with E-state index in [4.69, 9.17) is 0 Å². The molecule has 1 aromatic rings. The topological polar surface area (TPSA) is 107 Å². The molecular formula is C17H19N2O5S2-. The Bertz CT molecular complexity index is 866. The molecule has 1 aromatic carbocycles. The van der Waals surface area contributed by atoms with Gasteiger partial charge in [-0.15, -0.1) is 0 Å². The molecule has 2 fully saturated rings. The number of benzene rings is 1. The van der Waals surface area contributed by atoms with Crippen LogP contribution in [0.3, 0.4) is 0 Å². The Balaban J connectivity index is 1.87. The molecule has 0 aliphatic carbocycles. The molecule has 0 N–H and O–H groups in total. The second-order valence-electron chi connectivity index (χ2n) is 6.47. The lowest BCUT2D eigenvalue weighted by molar-refractivity contribution is -0.305. The first-order valence-corrected chi connectivity index (χ1v) is 11.0. The lowest BCUT2D eigenvalue weighted by Gasteiger charge is -2.26. The van der Waals surface area contributed by atoms with Gasteiger partial charge in [-0.3, -0.25) is 4.79 Å². The molecule has 140 valence electrons. The van der Waals surface area contributed by atoms with Crippen molar-refractivity contribution in [2.45, 2.75) is 37.5 Å². The zero-order chi connectivity index (χ0) is 18.9. The lowest BCUT2D eigenvalue weighted by Crippen LogP contribution is -2.38. The third-order valence-electron chi connectivity index (χ3n) is 4.43. The van der Waals surface area contributed by atoms with Gasteiger partial charge in [-0.1, -0.05) is 30.0 Å². The summed E-state index contributed by atoms with van der Waals surface area (Å²) in [6, 6.07) is 7.33. The number of amides is 1. The molecule has 0 aromatic heterocycles. The van der Waals surface area contributed by atoms with Crippen LogP contribution >= 0.6 is 11.8 Å². The fourth-order valence-corrected chi connectivity index (χ4v) is 7.15. The average Bonchev–Trinajstić information content (AvgIpc) is 2.98. The van der Waals surface area contributed by atoms with Crippen LogP contribution in [0.2, 0.25) is 0 Å². The van der Waals surface area contributed by atoms with Crippen LogP contribution in [0.1, 0.15) is 24.8 Å². The Morgan fingerprint density at radius 1 is 1.27 bits per heavy atom. The van der Waals surface area contributed by atoms with Gasteiger partial charge >= 0.3 is 0 Å². The molecule has 0 unspecified atom stereocenters. The Hall–Kier alpha value is -1.87. The maximum Gasteiger partial charge on any atom is 0.248 e. The normalized spacial score (nSPS) is 25.4. The number of hydrogen-bond acceptors (Lipinski definition) is 6. The number of para-hydroxylation sites is 1. The summed E-state index contributed by atoms with van der Waals surface area (Å²) >= 11 is 1.31. The van der Waals surface area contributed by atoms with Gasteiger partial charge in [0.15, 0.2) is 15.0 Å². The number of fused-ring (bicyclic) bond motifs is 1. The Kier molecular flexibility index (Phi) is 5.38. The van der Waals surface area contributed by atoms with E-state index in [1.165, 1.54) is 11.8 Å². The van der Waals surface area contributed by atoms with Gasteiger partial charge in [0.1, 0.15) is 0 Å². The number of rotatable bonds is 5. The fraction of sp³-hybridized carbons (Fsp3) is 0.471. The van der Waals surface area contributed by atoms with Crippen LogP contribution in [-0.4, -0.2) is 48.3 Å². The first kappa shape index (κ1) is 18.9. The minimum absolute atomic E-state index is 0.0211. The quantitative estimate of drug-likeness (QED) is 0.715. The van der Waals surface area contributed by atoms with Crippen LogP contribution < -0.4 is 10.0 Å². The number of anilines is 1. The van der Waals surface area contributed by atoms with E-state index < -0.39 is 21.7 Å². The Labute approximate surface area is 156 Å². The molecule has 2 atom stereocenters. The Morgan fingerprint density at radius 2 is 2.00 bits per heavy atom. The number of aliphatic imine (C=N–C) groups is 1. The van der Waals surface area contributed by atoms with Crippen LogP contribution in [0.25, 0.3) is 0 Å². The molecule has 2 aliphatic rings. The summed E-state index contributed by atoms with van der Waals surface area (Å²) < 4.78 is 24.1. The molecule has 2 heterocycles. The van der Waals surface area contributed by atoms with E-state index in [-0.39, 0.29) is 42.1 Å². The van der Waals surface area contributed by atoms with Crippen molar-refractivity contribution in [3.8, 4) is 0 Å². The summed E-state index contributed by atoms with van der Waals surface area (Å²) in [4.78, 5) is 28.6. The number of sulfone groups is 1. The molecule has 7 nitrogen and oxygen atoms in total. The van der Waals surface area contributed by atoms with Crippen LogP contribution in [0.4, 0.5) is 5.69 Å². The molecule has 0 radical (unpaired) electrons. The fourth-order valence-electron chi connectivity index (χ4n) is 3.23. The van der Waals surface area contributed by atoms with E-state index in [9.17, 15) is 23.1 Å². The summed E-state index contributed by atoms with van der Waals surface area (Å²) in [5, 5.41) is 10.8. The van der Waals surface area contributed by atoms with Gasteiger partial charge in [0.25, 0.3) is 0 Å². The summed E-state index contributed by atoms with van der Waals surface area (Å²) in [7, 11) is -3.11. The molecule has 3 rings (SSSR count). The third kappa shape index (κ3) is 4.09. The monoisotopic (exact) mass is 395 g/mol. The van der Waals surface area contributed by atoms with Crippen molar-refractivity contribution >= 4 is 44.3 Å². The second-order valence-corrected chi connectivity index (χ2v) is 9.83. The van der Waals surface area contributed by atoms with Gasteiger partial charge in [-0.05, 0) is 31.4 Å². The van der Waals surface area contributed by atoms with Crippen LogP contribution in [0.5, 0.6) is 0 Å². The minimum Gasteiger partial charge on any atom is -0.550 e. The minimum atomic E-state index is -3.11. The highest BCUT2D eigenvalue weighted by atomic mass is 32.2. The highest BCUT2D eigenvalue weighted by Gasteiger charge is 2.49. The SMILES string of the molecule is Cc1ccccc1N1C(=NC(=O)CCCC(=O)[O-])S[C@@H]2CS(=O)(=O)C[C@H]21. The standard InChI is InChI=1S/C17H20N2O5S2/c1-11-5-2-3-6-12(11)19-13-9-26(23,24)10-14(13)25-17(19)18-15(20)7-4-8-16(21)22/h2-3,5-6,13-14H,4,7-10H2,1H3,(H,21,22)/p-1/t13-,14-/m1/s1. The van der Waals surface area contributed by atoms with Gasteiger partial charge < -0.3 is 14.8 Å². The number of carboxylic acid groups (broad SMARTS) is 1. The predicted molar refractivity (Wildman–Crippen MR) is 98.8 cm³/mol. The number of thioether (sulfide) groups is 1. The summed E-state index contributed by atoms with van der Waals surface area (Å²) in [6.07, 6.45) is 0.0102. The van der Waals surface area contributed by atoms with Crippen molar-refractivity contribution in [3.05, 3.63) is 29.8 Å². The van der Waals surface area contributed by atoms with E-state index in [0.29, 0.717) is 5.17 Å². The molecule has 2 aliphatic heterocycles. The molecule has 26 heavy (non-hydrogen) atoms. The maximum absolute atomic E-state index is 12.1. The number of hydrogen-bond donors (Lipinski definition) is 0. The number of amidine groups is 1. The van der Waals surface area contributed by atoms with E-state index in [0.717, 1.165) is 11.3 Å². The summed E-state index contributed by atoms with van der Waals surface area (Å²) in [6.45, 7) is 1.93. The first-order valence-electron chi connectivity index (χ1n) is 8.30. The molecule has 0 spiro atoms. The van der Waals surface area contributed by atoms with Crippen molar-refractivity contribution in [2.24, 2.45) is 4.99 Å². The van der Waals surface area contributed by atoms with Crippen LogP contribution in [0, 0.1) is 6.92 Å². The molecule has 0 bridgehead atoms. The number of carboxylic acids is 1. The molecular weight excluding hydrogens is 376 g/mol. The summed E-state index contributed by atoms with van der Waals surface area (Å²) in [5.74, 6) is -1.49. The number of nitrogens with zero attached hydrogens (tertiary/aromatic N) is 2. The number of carbonyl (C=O) groups excluding carboxylic acids is 2. The van der Waals surface area contributed by atoms with Gasteiger partial charge in [-0.25, -0.2) is 8.42 Å². The highest BCUT2D eigenvalue weighted by molar-refractivity contribution is 8.16. The molecule has 2 saturated heterocycles. The van der Waals surface area contributed by atoms with Crippen molar-refractivity contribution < 1.29 is 23.1 Å². The predicted octanol–water partition coefficient (Wildman–Crippen LogP) is 0.517. The van der Waals surface area contributed by atoms with Gasteiger partial charge in [0, 0.05) is 23.3 Å². The highest BCUT2D eigenvalue weighted by Crippen LogP contribution is 2.41. The van der Waals surface area contributed by atoms with Crippen molar-refractivity contribution in [2.75, 3.05) is 16.4 Å². The van der Waals surface area contributed by atoms with Crippen LogP contribution in [0.15, 0.2) is 29.3 Å². The molecule has 9 heteroatoms. The van der Waals surface area contributed by atoms with Gasteiger partial charge in [0.2, 0.25) is 5.91 Å². The zero-order valence-electron chi connectivity index (χ0n) is 14.3. The van der Waals surface area contributed by atoms with E-state index in [1.807, 2.05) is 36.1 Å². The van der Waals surface area contributed by atoms with Gasteiger partial charge in [0.05, 0.1) is 17.5 Å². The number of aryl methyl sites for hydroxylation is 1. The van der Waals surface area contributed by atoms with Crippen molar-refractivity contribution in [1.82, 2.24) is 0 Å². The van der Waals surface area contributed by atoms with E-state index in [1.54, 1.807) is 0 Å². The third-order valence-corrected chi connectivity index (χ3v) is 7.64. The van der Waals surface area contributed by atoms with Gasteiger partial charge in [-0.2, -0.15) is 4.99 Å². The zero-order valence-corrected chi connectivity index (χ0v) is 15.9. The Morgan fingerprint density at radius 3 is 2.69 bits per heavy atom. The largest absolute Gasteiger partial charge is 0.550 e. The number of aliphatic carboxylic acids is 1. The van der Waals surface area contributed by atoms with Crippen molar-refractivity contribution in [1.29, 1.82) is 0 Å². The lowest BCUT2D eigenvalue weighted by atomic mass is 10.1. The maximum atomic E-state index is 12.1. The summed E-state index contributed by atoms with van der Waals surface area (Å²) in [5.41, 5.74) is 1.81. The smallest absolute Gasteiger partial charge is 0.248 e. The van der Waals surface area contributed by atoms with Crippen LogP contribution in [-0.2, 0) is 19.4 Å². The molecule has 1 amide bonds. The average molecular weight is 395 g/mol. The van der Waals surface area contributed by atoms with Crippen molar-refractivity contribution in [3.63, 3.8) is 0 Å². The second kappa shape index (κ2) is 7.40. The molecule has 0 saturated carbocycles. The first-order chi connectivity index (χ1) is 12.3.